The van der Waals surface area contributed by atoms with Crippen LogP contribution in [-0.4, -0.2) is 17.4 Å². The minimum Gasteiger partial charge on any atom is -0.327 e. The zero-order valence-corrected chi connectivity index (χ0v) is 13.0. The van der Waals surface area contributed by atoms with E-state index in [0.29, 0.717) is 6.54 Å². The molecule has 0 saturated heterocycles. The fraction of sp³-hybridized carbons (Fsp3) is 0.250. The van der Waals surface area contributed by atoms with E-state index in [1.165, 1.54) is 22.3 Å². The molecule has 0 bridgehead atoms. The van der Waals surface area contributed by atoms with Crippen molar-refractivity contribution in [2.24, 2.45) is 0 Å². The molecule has 0 fully saturated rings. The lowest BCUT2D eigenvalue weighted by Gasteiger charge is -2.27. The third kappa shape index (κ3) is 3.04. The topological polar surface area (TPSA) is 20.3 Å². The van der Waals surface area contributed by atoms with Gasteiger partial charge in [-0.2, -0.15) is 0 Å². The molecule has 2 heteroatoms. The van der Waals surface area contributed by atoms with Gasteiger partial charge in [0.05, 0.1) is 0 Å². The smallest absolute Gasteiger partial charge is 0.299 e. The molecule has 0 unspecified atom stereocenters. The van der Waals surface area contributed by atoms with Gasteiger partial charge in [0.25, 0.3) is 5.91 Å². The lowest BCUT2D eigenvalue weighted by atomic mass is 10.00. The van der Waals surface area contributed by atoms with Crippen LogP contribution in [0.4, 0.5) is 0 Å². The highest BCUT2D eigenvalue weighted by molar-refractivity contribution is 5.94. The summed E-state index contributed by atoms with van der Waals surface area (Å²) in [6.45, 7) is 5.54. The number of carbonyl (C=O) groups is 1. The molecule has 110 valence electrons. The molecule has 0 radical (unpaired) electrons. The third-order valence-electron chi connectivity index (χ3n) is 4.24. The molecule has 1 aliphatic rings. The van der Waals surface area contributed by atoms with Gasteiger partial charge in [0, 0.05) is 24.6 Å². The fourth-order valence-electron chi connectivity index (χ4n) is 2.69. The second-order valence-corrected chi connectivity index (χ2v) is 5.79. The van der Waals surface area contributed by atoms with Crippen LogP contribution in [-0.2, 0) is 17.8 Å². The Bertz CT molecular complexity index is 780. The molecular formula is C20H19NO. The Hall–Kier alpha value is -2.53. The number of amides is 1. The zero-order valence-electron chi connectivity index (χ0n) is 13.0. The highest BCUT2D eigenvalue weighted by Crippen LogP contribution is 2.18. The van der Waals surface area contributed by atoms with Crippen molar-refractivity contribution in [3.63, 3.8) is 0 Å². The quantitative estimate of drug-likeness (QED) is 0.682. The summed E-state index contributed by atoms with van der Waals surface area (Å²) in [5.41, 5.74) is 5.91. The van der Waals surface area contributed by atoms with Gasteiger partial charge in [-0.05, 0) is 54.7 Å². The van der Waals surface area contributed by atoms with Crippen LogP contribution < -0.4 is 0 Å². The van der Waals surface area contributed by atoms with E-state index >= 15 is 0 Å². The first-order chi connectivity index (χ1) is 10.6. The van der Waals surface area contributed by atoms with Crippen molar-refractivity contribution in [1.82, 2.24) is 4.90 Å². The standard InChI is InChI=1S/C20H19NO/c1-15-7-8-17(13-16(15)2)9-10-20(22)21-12-11-18-5-3-4-6-19(18)14-21/h3-8,13H,11-12,14H2,1-2H3. The van der Waals surface area contributed by atoms with Gasteiger partial charge in [0.1, 0.15) is 0 Å². The maximum Gasteiger partial charge on any atom is 0.299 e. The summed E-state index contributed by atoms with van der Waals surface area (Å²) in [5.74, 6) is 5.69. The van der Waals surface area contributed by atoms with Crippen molar-refractivity contribution < 1.29 is 4.79 Å². The SMILES string of the molecule is Cc1ccc(C#CC(=O)N2CCc3ccccc3C2)cc1C. The normalized spacial score (nSPS) is 13.1. The maximum atomic E-state index is 12.3. The maximum absolute atomic E-state index is 12.3. The van der Waals surface area contributed by atoms with Crippen molar-refractivity contribution in [2.75, 3.05) is 6.54 Å². The molecule has 0 saturated carbocycles. The largest absolute Gasteiger partial charge is 0.327 e. The molecule has 0 N–H and O–H groups in total. The summed E-state index contributed by atoms with van der Waals surface area (Å²) in [6.07, 6.45) is 0.910. The molecule has 3 rings (SSSR count). The van der Waals surface area contributed by atoms with Crippen LogP contribution in [0, 0.1) is 25.7 Å². The van der Waals surface area contributed by atoms with Crippen LogP contribution >= 0.6 is 0 Å². The van der Waals surface area contributed by atoms with Gasteiger partial charge in [-0.1, -0.05) is 36.3 Å². The van der Waals surface area contributed by atoms with Crippen molar-refractivity contribution >= 4 is 5.91 Å². The average Bonchev–Trinajstić information content (AvgIpc) is 2.55. The first-order valence-corrected chi connectivity index (χ1v) is 7.58. The Kier molecular flexibility index (Phi) is 3.98. The number of carbonyl (C=O) groups excluding carboxylic acids is 1. The van der Waals surface area contributed by atoms with E-state index in [4.69, 9.17) is 0 Å². The van der Waals surface area contributed by atoms with Gasteiger partial charge in [0.15, 0.2) is 0 Å². The summed E-state index contributed by atoms with van der Waals surface area (Å²) in [4.78, 5) is 14.1. The van der Waals surface area contributed by atoms with Crippen LogP contribution in [0.25, 0.3) is 0 Å². The van der Waals surface area contributed by atoms with E-state index in [1.807, 2.05) is 29.2 Å². The molecule has 1 amide bonds. The van der Waals surface area contributed by atoms with Crippen molar-refractivity contribution in [2.45, 2.75) is 26.8 Å². The van der Waals surface area contributed by atoms with Gasteiger partial charge in [-0.25, -0.2) is 0 Å². The van der Waals surface area contributed by atoms with E-state index < -0.39 is 0 Å². The van der Waals surface area contributed by atoms with E-state index in [1.54, 1.807) is 0 Å². The highest BCUT2D eigenvalue weighted by Gasteiger charge is 2.18. The van der Waals surface area contributed by atoms with Crippen LogP contribution in [0.3, 0.4) is 0 Å². The monoisotopic (exact) mass is 289 g/mol. The number of hydrogen-bond acceptors (Lipinski definition) is 1. The summed E-state index contributed by atoms with van der Waals surface area (Å²) < 4.78 is 0. The predicted molar refractivity (Wildman–Crippen MR) is 88.4 cm³/mol. The fourth-order valence-corrected chi connectivity index (χ4v) is 2.69. The number of aryl methyl sites for hydroxylation is 2. The molecule has 0 aromatic heterocycles. The third-order valence-corrected chi connectivity index (χ3v) is 4.24. The predicted octanol–water partition coefficient (Wildman–Crippen LogP) is 3.24. The average molecular weight is 289 g/mol. The Morgan fingerprint density at radius 2 is 1.82 bits per heavy atom. The highest BCUT2D eigenvalue weighted by atomic mass is 16.2. The minimum absolute atomic E-state index is 0.0901. The van der Waals surface area contributed by atoms with Gasteiger partial charge in [-0.15, -0.1) is 0 Å². The Morgan fingerprint density at radius 3 is 2.59 bits per heavy atom. The van der Waals surface area contributed by atoms with E-state index in [-0.39, 0.29) is 5.91 Å². The van der Waals surface area contributed by atoms with Crippen molar-refractivity contribution in [3.05, 3.63) is 70.3 Å². The lowest BCUT2D eigenvalue weighted by molar-refractivity contribution is -0.125. The van der Waals surface area contributed by atoms with Crippen LogP contribution in [0.1, 0.15) is 27.8 Å². The molecule has 2 nitrogen and oxygen atoms in total. The number of fused-ring (bicyclic) bond motifs is 1. The van der Waals surface area contributed by atoms with Crippen molar-refractivity contribution in [1.29, 1.82) is 0 Å². The van der Waals surface area contributed by atoms with E-state index in [0.717, 1.165) is 18.5 Å². The van der Waals surface area contributed by atoms with Crippen LogP contribution in [0.15, 0.2) is 42.5 Å². The summed E-state index contributed by atoms with van der Waals surface area (Å²) in [7, 11) is 0. The molecule has 2 aromatic carbocycles. The van der Waals surface area contributed by atoms with E-state index in [9.17, 15) is 4.79 Å². The first kappa shape index (κ1) is 14.4. The summed E-state index contributed by atoms with van der Waals surface area (Å²) in [5, 5.41) is 0. The van der Waals surface area contributed by atoms with E-state index in [2.05, 4.69) is 43.9 Å². The Balaban J connectivity index is 1.73. The Labute approximate surface area is 131 Å². The molecule has 0 spiro atoms. The number of benzene rings is 2. The van der Waals surface area contributed by atoms with Gasteiger partial charge in [0.2, 0.25) is 0 Å². The lowest BCUT2D eigenvalue weighted by Crippen LogP contribution is -2.35. The molecule has 22 heavy (non-hydrogen) atoms. The number of hydrogen-bond donors (Lipinski definition) is 0. The molecule has 0 atom stereocenters. The first-order valence-electron chi connectivity index (χ1n) is 7.58. The van der Waals surface area contributed by atoms with Gasteiger partial charge in [-0.3, -0.25) is 4.79 Å². The minimum atomic E-state index is -0.0901. The molecule has 2 aromatic rings. The second kappa shape index (κ2) is 6.07. The molecule has 1 heterocycles. The zero-order chi connectivity index (χ0) is 15.5. The van der Waals surface area contributed by atoms with Crippen LogP contribution in [0.5, 0.6) is 0 Å². The van der Waals surface area contributed by atoms with Crippen LogP contribution in [0.2, 0.25) is 0 Å². The summed E-state index contributed by atoms with van der Waals surface area (Å²) >= 11 is 0. The van der Waals surface area contributed by atoms with Gasteiger partial charge < -0.3 is 4.90 Å². The number of rotatable bonds is 0. The summed E-state index contributed by atoms with van der Waals surface area (Å²) in [6, 6.07) is 14.3. The second-order valence-electron chi connectivity index (χ2n) is 5.79. The number of nitrogens with zero attached hydrogens (tertiary/aromatic N) is 1. The van der Waals surface area contributed by atoms with Crippen molar-refractivity contribution in [3.8, 4) is 11.8 Å². The molecule has 0 aliphatic carbocycles. The Morgan fingerprint density at radius 1 is 1.05 bits per heavy atom. The molecule has 1 aliphatic heterocycles. The van der Waals surface area contributed by atoms with Gasteiger partial charge >= 0.3 is 0 Å². The molecular weight excluding hydrogens is 270 g/mol.